The molecule has 0 aromatic carbocycles. The maximum Gasteiger partial charge on any atom is 0.257 e. The fourth-order valence-corrected chi connectivity index (χ4v) is 2.12. The number of likely N-dealkylation sites (tertiary alicyclic amines) is 1. The molecule has 2 heterocycles. The third-order valence-corrected chi connectivity index (χ3v) is 3.22. The number of hydrogen-bond donors (Lipinski definition) is 1. The SMILES string of the molecule is CCC1CCN(C(=O)c2cccnc2N)C1. The highest BCUT2D eigenvalue weighted by Gasteiger charge is 2.26. The Bertz CT molecular complexity index is 392. The van der Waals surface area contributed by atoms with Gasteiger partial charge in [-0.15, -0.1) is 0 Å². The molecule has 0 spiro atoms. The fourth-order valence-electron chi connectivity index (χ4n) is 2.12. The van der Waals surface area contributed by atoms with Crippen LogP contribution in [0.1, 0.15) is 30.1 Å². The van der Waals surface area contributed by atoms with Gasteiger partial charge >= 0.3 is 0 Å². The summed E-state index contributed by atoms with van der Waals surface area (Å²) in [6.07, 6.45) is 3.83. The first-order chi connectivity index (χ1) is 7.72. The van der Waals surface area contributed by atoms with Crippen molar-refractivity contribution in [1.29, 1.82) is 0 Å². The van der Waals surface area contributed by atoms with Crippen LogP contribution in [0.15, 0.2) is 18.3 Å². The molecular formula is C12H17N3O. The van der Waals surface area contributed by atoms with Crippen molar-refractivity contribution >= 4 is 11.7 Å². The largest absolute Gasteiger partial charge is 0.383 e. The molecule has 1 unspecified atom stereocenters. The summed E-state index contributed by atoms with van der Waals surface area (Å²) < 4.78 is 0. The van der Waals surface area contributed by atoms with Gasteiger partial charge < -0.3 is 10.6 Å². The molecule has 1 saturated heterocycles. The molecule has 1 atom stereocenters. The Balaban J connectivity index is 2.12. The minimum absolute atomic E-state index is 0.0153. The lowest BCUT2D eigenvalue weighted by molar-refractivity contribution is 0.0787. The first-order valence-electron chi connectivity index (χ1n) is 5.72. The molecule has 16 heavy (non-hydrogen) atoms. The van der Waals surface area contributed by atoms with Crippen molar-refractivity contribution in [3.63, 3.8) is 0 Å². The maximum atomic E-state index is 12.1. The second kappa shape index (κ2) is 4.51. The Kier molecular flexibility index (Phi) is 3.08. The molecule has 1 fully saturated rings. The van der Waals surface area contributed by atoms with Gasteiger partial charge in [-0.2, -0.15) is 0 Å². The zero-order valence-electron chi connectivity index (χ0n) is 9.52. The monoisotopic (exact) mass is 219 g/mol. The number of pyridine rings is 1. The van der Waals surface area contributed by atoms with Crippen LogP contribution in [0.25, 0.3) is 0 Å². The molecule has 1 aliphatic heterocycles. The zero-order valence-corrected chi connectivity index (χ0v) is 9.52. The molecule has 0 bridgehead atoms. The van der Waals surface area contributed by atoms with E-state index in [0.29, 0.717) is 17.3 Å². The van der Waals surface area contributed by atoms with Crippen LogP contribution in [0.5, 0.6) is 0 Å². The Morgan fingerprint density at radius 3 is 3.12 bits per heavy atom. The lowest BCUT2D eigenvalue weighted by atomic mass is 10.1. The van der Waals surface area contributed by atoms with Gasteiger partial charge in [-0.25, -0.2) is 4.98 Å². The number of nitrogen functional groups attached to an aromatic ring is 1. The molecule has 4 nitrogen and oxygen atoms in total. The average Bonchev–Trinajstić information content (AvgIpc) is 2.77. The van der Waals surface area contributed by atoms with E-state index in [4.69, 9.17) is 5.73 Å². The number of amides is 1. The summed E-state index contributed by atoms with van der Waals surface area (Å²) in [4.78, 5) is 18.0. The Morgan fingerprint density at radius 2 is 2.50 bits per heavy atom. The van der Waals surface area contributed by atoms with Crippen molar-refractivity contribution in [3.8, 4) is 0 Å². The number of anilines is 1. The van der Waals surface area contributed by atoms with E-state index in [9.17, 15) is 4.79 Å². The number of carbonyl (C=O) groups is 1. The highest BCUT2D eigenvalue weighted by atomic mass is 16.2. The third-order valence-electron chi connectivity index (χ3n) is 3.22. The Morgan fingerprint density at radius 1 is 1.69 bits per heavy atom. The van der Waals surface area contributed by atoms with E-state index in [1.54, 1.807) is 18.3 Å². The van der Waals surface area contributed by atoms with Crippen LogP contribution in [0.4, 0.5) is 5.82 Å². The normalized spacial score (nSPS) is 20.1. The van der Waals surface area contributed by atoms with Gasteiger partial charge in [0, 0.05) is 19.3 Å². The predicted octanol–water partition coefficient (Wildman–Crippen LogP) is 1.54. The van der Waals surface area contributed by atoms with Crippen molar-refractivity contribution in [2.75, 3.05) is 18.8 Å². The van der Waals surface area contributed by atoms with E-state index in [1.165, 1.54) is 0 Å². The molecule has 0 radical (unpaired) electrons. The van der Waals surface area contributed by atoms with Crippen molar-refractivity contribution in [1.82, 2.24) is 9.88 Å². The van der Waals surface area contributed by atoms with E-state index in [1.807, 2.05) is 4.90 Å². The van der Waals surface area contributed by atoms with Crippen molar-refractivity contribution < 1.29 is 4.79 Å². The van der Waals surface area contributed by atoms with Gasteiger partial charge in [0.05, 0.1) is 5.56 Å². The van der Waals surface area contributed by atoms with Crippen LogP contribution in [0.2, 0.25) is 0 Å². The van der Waals surface area contributed by atoms with Crippen LogP contribution < -0.4 is 5.73 Å². The lowest BCUT2D eigenvalue weighted by Crippen LogP contribution is -2.29. The summed E-state index contributed by atoms with van der Waals surface area (Å²) in [7, 11) is 0. The van der Waals surface area contributed by atoms with E-state index >= 15 is 0 Å². The Labute approximate surface area is 95.5 Å². The second-order valence-electron chi connectivity index (χ2n) is 4.25. The summed E-state index contributed by atoms with van der Waals surface area (Å²) in [6.45, 7) is 3.85. The van der Waals surface area contributed by atoms with Crippen LogP contribution in [0.3, 0.4) is 0 Å². The van der Waals surface area contributed by atoms with E-state index in [2.05, 4.69) is 11.9 Å². The topological polar surface area (TPSA) is 59.2 Å². The lowest BCUT2D eigenvalue weighted by Gasteiger charge is -2.16. The summed E-state index contributed by atoms with van der Waals surface area (Å²) in [6, 6.07) is 3.49. The van der Waals surface area contributed by atoms with E-state index in [-0.39, 0.29) is 5.91 Å². The molecule has 2 N–H and O–H groups in total. The van der Waals surface area contributed by atoms with Gasteiger partial charge in [-0.3, -0.25) is 4.79 Å². The minimum atomic E-state index is 0.0153. The van der Waals surface area contributed by atoms with E-state index < -0.39 is 0 Å². The molecule has 1 aliphatic rings. The first-order valence-corrected chi connectivity index (χ1v) is 5.72. The molecule has 86 valence electrons. The van der Waals surface area contributed by atoms with Crippen LogP contribution in [0, 0.1) is 5.92 Å². The quantitative estimate of drug-likeness (QED) is 0.820. The standard InChI is InChI=1S/C12H17N3O/c1-2-9-5-7-15(8-9)12(16)10-4-3-6-14-11(10)13/h3-4,6,9H,2,5,7-8H2,1H3,(H2,13,14). The van der Waals surface area contributed by atoms with Crippen molar-refractivity contribution in [2.24, 2.45) is 5.92 Å². The fraction of sp³-hybridized carbons (Fsp3) is 0.500. The molecule has 1 amide bonds. The molecule has 1 aromatic rings. The third kappa shape index (κ3) is 2.01. The van der Waals surface area contributed by atoms with Gasteiger partial charge in [0.2, 0.25) is 0 Å². The van der Waals surface area contributed by atoms with Gasteiger partial charge in [0.1, 0.15) is 5.82 Å². The average molecular weight is 219 g/mol. The summed E-state index contributed by atoms with van der Waals surface area (Å²) in [5.41, 5.74) is 6.22. The molecule has 4 heteroatoms. The molecule has 2 rings (SSSR count). The molecule has 0 saturated carbocycles. The number of nitrogens with two attached hydrogens (primary N) is 1. The summed E-state index contributed by atoms with van der Waals surface area (Å²) in [5.74, 6) is 0.982. The minimum Gasteiger partial charge on any atom is -0.383 e. The van der Waals surface area contributed by atoms with Gasteiger partial charge in [0.25, 0.3) is 5.91 Å². The van der Waals surface area contributed by atoms with Crippen LogP contribution in [-0.2, 0) is 0 Å². The van der Waals surface area contributed by atoms with E-state index in [0.717, 1.165) is 25.9 Å². The number of hydrogen-bond acceptors (Lipinski definition) is 3. The highest BCUT2D eigenvalue weighted by molar-refractivity contribution is 5.98. The predicted molar refractivity (Wildman–Crippen MR) is 63.0 cm³/mol. The maximum absolute atomic E-state index is 12.1. The van der Waals surface area contributed by atoms with Gasteiger partial charge in [-0.1, -0.05) is 13.3 Å². The van der Waals surface area contributed by atoms with Crippen LogP contribution >= 0.6 is 0 Å². The first kappa shape index (κ1) is 10.9. The van der Waals surface area contributed by atoms with Crippen molar-refractivity contribution in [2.45, 2.75) is 19.8 Å². The van der Waals surface area contributed by atoms with Crippen LogP contribution in [-0.4, -0.2) is 28.9 Å². The number of rotatable bonds is 2. The second-order valence-corrected chi connectivity index (χ2v) is 4.25. The number of nitrogens with zero attached hydrogens (tertiary/aromatic N) is 2. The smallest absolute Gasteiger partial charge is 0.257 e. The summed E-state index contributed by atoms with van der Waals surface area (Å²) >= 11 is 0. The van der Waals surface area contributed by atoms with Gasteiger partial charge in [-0.05, 0) is 24.5 Å². The van der Waals surface area contributed by atoms with Crippen molar-refractivity contribution in [3.05, 3.63) is 23.9 Å². The van der Waals surface area contributed by atoms with Gasteiger partial charge in [0.15, 0.2) is 0 Å². The molecule has 0 aliphatic carbocycles. The summed E-state index contributed by atoms with van der Waals surface area (Å²) in [5, 5.41) is 0. The molecular weight excluding hydrogens is 202 g/mol. The zero-order chi connectivity index (χ0) is 11.5. The molecule has 1 aromatic heterocycles. The Hall–Kier alpha value is -1.58. The number of aromatic nitrogens is 1. The number of carbonyl (C=O) groups excluding carboxylic acids is 1. The highest BCUT2D eigenvalue weighted by Crippen LogP contribution is 2.22.